The lowest BCUT2D eigenvalue weighted by atomic mass is 10.1. The summed E-state index contributed by atoms with van der Waals surface area (Å²) in [5.74, 6) is 0.580. The summed E-state index contributed by atoms with van der Waals surface area (Å²) in [6, 6.07) is 5.51. The van der Waals surface area contributed by atoms with Gasteiger partial charge in [0.1, 0.15) is 5.82 Å². The maximum absolute atomic E-state index is 13.0. The van der Waals surface area contributed by atoms with Gasteiger partial charge in [-0.1, -0.05) is 24.2 Å². The number of aryl methyl sites for hydroxylation is 1. The highest BCUT2D eigenvalue weighted by atomic mass is 19.1. The number of hydrogen-bond acceptors (Lipinski definition) is 4. The Balaban J connectivity index is 2.27. The molecule has 0 aliphatic heterocycles. The third kappa shape index (κ3) is 2.09. The van der Waals surface area contributed by atoms with Crippen molar-refractivity contribution in [1.29, 1.82) is 0 Å². The normalized spacial score (nSPS) is 12.7. The van der Waals surface area contributed by atoms with Gasteiger partial charge in [0.15, 0.2) is 5.82 Å². The summed E-state index contributed by atoms with van der Waals surface area (Å²) in [5, 5.41) is 3.76. The van der Waals surface area contributed by atoms with E-state index in [1.165, 1.54) is 12.1 Å². The van der Waals surface area contributed by atoms with Crippen molar-refractivity contribution < 1.29 is 8.91 Å². The van der Waals surface area contributed by atoms with Crippen LogP contribution in [0.15, 0.2) is 28.8 Å². The minimum Gasteiger partial charge on any atom is -0.339 e. The largest absolute Gasteiger partial charge is 0.339 e. The Hall–Kier alpha value is -1.75. The summed E-state index contributed by atoms with van der Waals surface area (Å²) < 4.78 is 17.9. The van der Waals surface area contributed by atoms with Gasteiger partial charge in [-0.25, -0.2) is 4.39 Å². The Morgan fingerprint density at radius 2 is 2.31 bits per heavy atom. The Morgan fingerprint density at radius 1 is 1.50 bits per heavy atom. The first-order valence-corrected chi connectivity index (χ1v) is 5.04. The van der Waals surface area contributed by atoms with Crippen LogP contribution >= 0.6 is 0 Å². The third-order valence-corrected chi connectivity index (χ3v) is 2.27. The summed E-state index contributed by atoms with van der Waals surface area (Å²) >= 11 is 0. The van der Waals surface area contributed by atoms with E-state index in [1.54, 1.807) is 12.1 Å². The second-order valence-corrected chi connectivity index (χ2v) is 3.43. The van der Waals surface area contributed by atoms with Crippen molar-refractivity contribution in [2.75, 3.05) is 0 Å². The summed E-state index contributed by atoms with van der Waals surface area (Å²) in [6.45, 7) is 1.91. The predicted molar refractivity (Wildman–Crippen MR) is 56.1 cm³/mol. The van der Waals surface area contributed by atoms with Gasteiger partial charge in [0.2, 0.25) is 5.89 Å². The van der Waals surface area contributed by atoms with Crippen molar-refractivity contribution in [3.63, 3.8) is 0 Å². The van der Waals surface area contributed by atoms with Gasteiger partial charge in [-0.05, 0) is 17.7 Å². The summed E-state index contributed by atoms with van der Waals surface area (Å²) in [7, 11) is 0. The number of nitrogens with zero attached hydrogens (tertiary/aromatic N) is 2. The molecule has 0 saturated carbocycles. The van der Waals surface area contributed by atoms with Crippen LogP contribution in [0.1, 0.15) is 30.2 Å². The van der Waals surface area contributed by atoms with E-state index in [9.17, 15) is 4.39 Å². The molecule has 0 bridgehead atoms. The average Bonchev–Trinajstić information content (AvgIpc) is 2.76. The van der Waals surface area contributed by atoms with E-state index in [-0.39, 0.29) is 5.82 Å². The van der Waals surface area contributed by atoms with Gasteiger partial charge in [-0.15, -0.1) is 0 Å². The molecular formula is C11H12FN3O. The zero-order valence-corrected chi connectivity index (χ0v) is 8.85. The van der Waals surface area contributed by atoms with Crippen LogP contribution in [0.3, 0.4) is 0 Å². The Kier molecular flexibility index (Phi) is 2.96. The first kappa shape index (κ1) is 10.8. The van der Waals surface area contributed by atoms with E-state index in [1.807, 2.05) is 6.92 Å². The average molecular weight is 221 g/mol. The van der Waals surface area contributed by atoms with E-state index in [2.05, 4.69) is 10.1 Å². The maximum Gasteiger partial charge on any atom is 0.226 e. The molecule has 1 heterocycles. The molecule has 1 aromatic carbocycles. The van der Waals surface area contributed by atoms with Crippen LogP contribution in [-0.2, 0) is 6.42 Å². The van der Waals surface area contributed by atoms with Crippen molar-refractivity contribution in [3.8, 4) is 0 Å². The molecule has 0 aliphatic carbocycles. The fraction of sp³-hybridized carbons (Fsp3) is 0.273. The number of benzene rings is 1. The van der Waals surface area contributed by atoms with E-state index in [0.717, 1.165) is 0 Å². The number of halogens is 1. The third-order valence-electron chi connectivity index (χ3n) is 2.27. The molecule has 2 N–H and O–H groups in total. The molecule has 1 aromatic heterocycles. The molecule has 0 fully saturated rings. The van der Waals surface area contributed by atoms with Crippen LogP contribution in [0.25, 0.3) is 0 Å². The predicted octanol–water partition coefficient (Wildman–Crippen LogP) is 1.82. The molecule has 2 aromatic rings. The molecule has 0 amide bonds. The summed E-state index contributed by atoms with van der Waals surface area (Å²) in [4.78, 5) is 4.11. The Labute approximate surface area is 92.3 Å². The van der Waals surface area contributed by atoms with E-state index in [4.69, 9.17) is 10.3 Å². The van der Waals surface area contributed by atoms with Gasteiger partial charge >= 0.3 is 0 Å². The van der Waals surface area contributed by atoms with Crippen LogP contribution in [0.2, 0.25) is 0 Å². The highest BCUT2D eigenvalue weighted by Gasteiger charge is 2.15. The fourth-order valence-corrected chi connectivity index (χ4v) is 1.39. The lowest BCUT2D eigenvalue weighted by Gasteiger charge is -2.06. The lowest BCUT2D eigenvalue weighted by Crippen LogP contribution is -2.13. The molecule has 4 nitrogen and oxygen atoms in total. The van der Waals surface area contributed by atoms with Gasteiger partial charge in [0.25, 0.3) is 0 Å². The highest BCUT2D eigenvalue weighted by molar-refractivity contribution is 5.24. The van der Waals surface area contributed by atoms with Crippen molar-refractivity contribution in [2.24, 2.45) is 5.73 Å². The van der Waals surface area contributed by atoms with E-state index >= 15 is 0 Å². The number of nitrogens with two attached hydrogens (primary N) is 1. The molecule has 1 unspecified atom stereocenters. The summed E-state index contributed by atoms with van der Waals surface area (Å²) in [6.07, 6.45) is 0.656. The van der Waals surface area contributed by atoms with Gasteiger partial charge in [-0.2, -0.15) is 4.98 Å². The first-order chi connectivity index (χ1) is 7.70. The summed E-state index contributed by atoms with van der Waals surface area (Å²) in [5.41, 5.74) is 6.53. The van der Waals surface area contributed by atoms with Gasteiger partial charge in [0.05, 0.1) is 6.04 Å². The molecule has 0 aliphatic rings. The number of rotatable bonds is 3. The smallest absolute Gasteiger partial charge is 0.226 e. The van der Waals surface area contributed by atoms with E-state index < -0.39 is 6.04 Å². The quantitative estimate of drug-likeness (QED) is 0.858. The molecule has 2 rings (SSSR count). The van der Waals surface area contributed by atoms with Crippen LogP contribution in [0, 0.1) is 5.82 Å². The second kappa shape index (κ2) is 4.40. The first-order valence-electron chi connectivity index (χ1n) is 5.04. The molecule has 0 spiro atoms. The van der Waals surface area contributed by atoms with Crippen LogP contribution < -0.4 is 5.73 Å². The fourth-order valence-electron chi connectivity index (χ4n) is 1.39. The number of hydrogen-bond donors (Lipinski definition) is 1. The molecule has 0 radical (unpaired) electrons. The van der Waals surface area contributed by atoms with Crippen molar-refractivity contribution in [2.45, 2.75) is 19.4 Å². The minimum absolute atomic E-state index is 0.327. The maximum atomic E-state index is 13.0. The van der Waals surface area contributed by atoms with Crippen molar-refractivity contribution in [1.82, 2.24) is 10.1 Å². The number of aromatic nitrogens is 2. The standard InChI is InChI=1S/C11H12FN3O/c1-2-9-14-11(15-16-9)10(13)7-4-3-5-8(12)6-7/h3-6,10H,2,13H2,1H3. The molecule has 1 atom stereocenters. The molecule has 16 heavy (non-hydrogen) atoms. The SMILES string of the molecule is CCc1nc(C(N)c2cccc(F)c2)no1. The highest BCUT2D eigenvalue weighted by Crippen LogP contribution is 2.17. The molecule has 84 valence electrons. The van der Waals surface area contributed by atoms with Crippen molar-refractivity contribution in [3.05, 3.63) is 47.4 Å². The van der Waals surface area contributed by atoms with Crippen LogP contribution in [-0.4, -0.2) is 10.1 Å². The minimum atomic E-state index is -0.556. The Bertz CT molecular complexity index is 484. The Morgan fingerprint density at radius 3 is 2.94 bits per heavy atom. The zero-order chi connectivity index (χ0) is 11.5. The van der Waals surface area contributed by atoms with Crippen molar-refractivity contribution >= 4 is 0 Å². The molecule has 0 saturated heterocycles. The second-order valence-electron chi connectivity index (χ2n) is 3.43. The van der Waals surface area contributed by atoms with Crippen LogP contribution in [0.5, 0.6) is 0 Å². The zero-order valence-electron chi connectivity index (χ0n) is 8.85. The molecular weight excluding hydrogens is 209 g/mol. The van der Waals surface area contributed by atoms with Gasteiger partial charge in [0, 0.05) is 6.42 Å². The van der Waals surface area contributed by atoms with E-state index in [0.29, 0.717) is 23.7 Å². The van der Waals surface area contributed by atoms with Gasteiger partial charge in [-0.3, -0.25) is 0 Å². The van der Waals surface area contributed by atoms with Crippen LogP contribution in [0.4, 0.5) is 4.39 Å². The van der Waals surface area contributed by atoms with Gasteiger partial charge < -0.3 is 10.3 Å². The monoisotopic (exact) mass is 221 g/mol. The molecule has 5 heteroatoms. The lowest BCUT2D eigenvalue weighted by molar-refractivity contribution is 0.375. The topological polar surface area (TPSA) is 64.9 Å².